The molecule has 0 spiro atoms. The maximum atomic E-state index is 11.8. The van der Waals surface area contributed by atoms with Gasteiger partial charge in [-0.15, -0.1) is 0 Å². The molecule has 3 aromatic heterocycles. The lowest BCUT2D eigenvalue weighted by atomic mass is 10.4. The Labute approximate surface area is 141 Å². The minimum Gasteiger partial charge on any atom is -0.437 e. The van der Waals surface area contributed by atoms with Gasteiger partial charge in [0.1, 0.15) is 17.6 Å². The van der Waals surface area contributed by atoms with E-state index in [1.165, 1.54) is 12.1 Å². The van der Waals surface area contributed by atoms with Gasteiger partial charge in [0.25, 0.3) is 5.69 Å². The second-order valence-corrected chi connectivity index (χ2v) is 5.73. The summed E-state index contributed by atoms with van der Waals surface area (Å²) < 4.78 is 7.32. The summed E-state index contributed by atoms with van der Waals surface area (Å²) in [6, 6.07) is 6.20. The fraction of sp³-hybridized carbons (Fsp3) is 0.188. The van der Waals surface area contributed by atoms with Gasteiger partial charge in [0.05, 0.1) is 17.3 Å². The summed E-state index contributed by atoms with van der Waals surface area (Å²) in [5, 5.41) is 13.4. The maximum Gasteiger partial charge on any atom is 0.287 e. The van der Waals surface area contributed by atoms with Crippen molar-refractivity contribution in [2.24, 2.45) is 5.92 Å². The number of carbonyl (C=O) groups excluding carboxylic acids is 1. The van der Waals surface area contributed by atoms with Crippen molar-refractivity contribution in [2.45, 2.75) is 12.8 Å². The monoisotopic (exact) mass is 339 g/mol. The number of rotatable bonds is 5. The topological polar surface area (TPSA) is 112 Å². The third-order valence-corrected chi connectivity index (χ3v) is 3.78. The van der Waals surface area contributed by atoms with Crippen LogP contribution in [0.15, 0.2) is 42.9 Å². The molecule has 0 radical (unpaired) electrons. The molecule has 0 unspecified atom stereocenters. The van der Waals surface area contributed by atoms with E-state index in [-0.39, 0.29) is 23.4 Å². The Morgan fingerprint density at radius 1 is 1.28 bits per heavy atom. The number of carbonyl (C=O) groups is 1. The van der Waals surface area contributed by atoms with Crippen LogP contribution in [0.3, 0.4) is 0 Å². The fourth-order valence-electron chi connectivity index (χ4n) is 2.33. The second kappa shape index (κ2) is 5.86. The van der Waals surface area contributed by atoms with E-state index in [9.17, 15) is 14.9 Å². The summed E-state index contributed by atoms with van der Waals surface area (Å²) in [5.41, 5.74) is 0.559. The van der Waals surface area contributed by atoms with E-state index < -0.39 is 4.92 Å². The Hall–Kier alpha value is -3.49. The number of hydrogen-bond acceptors (Lipinski definition) is 6. The Morgan fingerprint density at radius 3 is 2.80 bits per heavy atom. The molecule has 0 aliphatic heterocycles. The highest BCUT2D eigenvalue weighted by Crippen LogP contribution is 2.30. The van der Waals surface area contributed by atoms with Crippen molar-refractivity contribution in [3.8, 4) is 11.6 Å². The lowest BCUT2D eigenvalue weighted by Gasteiger charge is -2.04. The van der Waals surface area contributed by atoms with E-state index >= 15 is 0 Å². The van der Waals surface area contributed by atoms with E-state index in [2.05, 4.69) is 15.3 Å². The molecule has 1 fully saturated rings. The number of anilines is 1. The first-order valence-electron chi connectivity index (χ1n) is 7.66. The van der Waals surface area contributed by atoms with Crippen LogP contribution in [0.25, 0.3) is 5.65 Å². The lowest BCUT2D eigenvalue weighted by Crippen LogP contribution is -2.13. The average Bonchev–Trinajstić information content (AvgIpc) is 3.36. The molecule has 3 aromatic rings. The minimum absolute atomic E-state index is 0.00467. The van der Waals surface area contributed by atoms with Crippen LogP contribution in [0.1, 0.15) is 12.8 Å². The first kappa shape index (κ1) is 15.1. The van der Waals surface area contributed by atoms with Gasteiger partial charge in [-0.2, -0.15) is 0 Å². The summed E-state index contributed by atoms with van der Waals surface area (Å²) in [7, 11) is 0. The summed E-state index contributed by atoms with van der Waals surface area (Å²) >= 11 is 0. The third-order valence-electron chi connectivity index (χ3n) is 3.78. The van der Waals surface area contributed by atoms with E-state index in [1.807, 2.05) is 0 Å². The van der Waals surface area contributed by atoms with Crippen LogP contribution >= 0.6 is 0 Å². The molecular weight excluding hydrogens is 326 g/mol. The van der Waals surface area contributed by atoms with Gasteiger partial charge in [-0.25, -0.2) is 9.97 Å². The third kappa shape index (κ3) is 3.25. The number of nitrogens with one attached hydrogen (secondary N) is 1. The molecule has 3 heterocycles. The number of aromatic nitrogens is 3. The molecule has 1 N–H and O–H groups in total. The van der Waals surface area contributed by atoms with Gasteiger partial charge >= 0.3 is 0 Å². The molecule has 0 saturated heterocycles. The number of amides is 1. The minimum atomic E-state index is -0.522. The quantitative estimate of drug-likeness (QED) is 0.565. The average molecular weight is 339 g/mol. The normalized spacial score (nSPS) is 13.6. The number of ether oxygens (including phenoxy) is 1. The van der Waals surface area contributed by atoms with Gasteiger partial charge in [-0.1, -0.05) is 0 Å². The number of pyridine rings is 2. The summed E-state index contributed by atoms with van der Waals surface area (Å²) in [4.78, 5) is 30.1. The van der Waals surface area contributed by atoms with Crippen LogP contribution < -0.4 is 10.1 Å². The van der Waals surface area contributed by atoms with Gasteiger partial charge in [0.2, 0.25) is 11.8 Å². The molecule has 1 saturated carbocycles. The number of hydrogen-bond donors (Lipinski definition) is 1. The van der Waals surface area contributed by atoms with Crippen LogP contribution in [-0.2, 0) is 4.79 Å². The number of nitro groups is 1. The van der Waals surface area contributed by atoms with E-state index in [0.717, 1.165) is 19.0 Å². The SMILES string of the molecule is O=C(Nc1cn2cc(Oc3ccc([N+](=O)[O-])cn3)ccc2n1)C1CC1. The second-order valence-electron chi connectivity index (χ2n) is 5.73. The van der Waals surface area contributed by atoms with Gasteiger partial charge in [-0.05, 0) is 25.0 Å². The van der Waals surface area contributed by atoms with Gasteiger partial charge in [0, 0.05) is 18.1 Å². The Kier molecular flexibility index (Phi) is 3.53. The first-order valence-corrected chi connectivity index (χ1v) is 7.66. The van der Waals surface area contributed by atoms with Crippen molar-refractivity contribution in [2.75, 3.05) is 5.32 Å². The maximum absolute atomic E-state index is 11.8. The largest absolute Gasteiger partial charge is 0.437 e. The summed E-state index contributed by atoms with van der Waals surface area (Å²) in [6.45, 7) is 0. The molecule has 9 heteroatoms. The molecule has 25 heavy (non-hydrogen) atoms. The number of imidazole rings is 1. The highest BCUT2D eigenvalue weighted by atomic mass is 16.6. The molecule has 0 atom stereocenters. The molecule has 0 bridgehead atoms. The number of nitrogens with zero attached hydrogens (tertiary/aromatic N) is 4. The van der Waals surface area contributed by atoms with Crippen LogP contribution in [0, 0.1) is 16.0 Å². The Bertz CT molecular complexity index is 962. The van der Waals surface area contributed by atoms with Gasteiger partial charge in [0.15, 0.2) is 5.82 Å². The molecule has 4 rings (SSSR count). The molecule has 126 valence electrons. The summed E-state index contributed by atoms with van der Waals surface area (Å²) in [5.74, 6) is 1.33. The molecular formula is C16H13N5O4. The molecule has 1 amide bonds. The van der Waals surface area contributed by atoms with E-state index in [4.69, 9.17) is 4.74 Å². The smallest absolute Gasteiger partial charge is 0.287 e. The fourth-order valence-corrected chi connectivity index (χ4v) is 2.33. The Morgan fingerprint density at radius 2 is 2.12 bits per heavy atom. The van der Waals surface area contributed by atoms with Crippen molar-refractivity contribution in [1.82, 2.24) is 14.4 Å². The lowest BCUT2D eigenvalue weighted by molar-refractivity contribution is -0.385. The van der Waals surface area contributed by atoms with Crippen molar-refractivity contribution < 1.29 is 14.5 Å². The molecule has 9 nitrogen and oxygen atoms in total. The van der Waals surface area contributed by atoms with Gasteiger partial charge < -0.3 is 14.5 Å². The highest BCUT2D eigenvalue weighted by molar-refractivity contribution is 5.93. The van der Waals surface area contributed by atoms with Crippen molar-refractivity contribution in [3.05, 3.63) is 53.0 Å². The van der Waals surface area contributed by atoms with E-state index in [1.54, 1.807) is 28.9 Å². The van der Waals surface area contributed by atoms with Crippen molar-refractivity contribution >= 4 is 23.1 Å². The predicted octanol–water partition coefficient (Wildman–Crippen LogP) is 2.78. The summed E-state index contributed by atoms with van der Waals surface area (Å²) in [6.07, 6.45) is 6.39. The van der Waals surface area contributed by atoms with Crippen LogP contribution in [0.2, 0.25) is 0 Å². The standard InChI is InChI=1S/C16H13N5O4/c22-16(10-1-2-10)19-13-9-20-8-12(4-5-14(20)18-13)25-15-6-3-11(7-17-15)21(23)24/h3-10H,1-2H2,(H,19,22). The molecule has 1 aliphatic rings. The van der Waals surface area contributed by atoms with Gasteiger partial charge in [-0.3, -0.25) is 14.9 Å². The predicted molar refractivity (Wildman–Crippen MR) is 87.5 cm³/mol. The van der Waals surface area contributed by atoms with Crippen LogP contribution in [0.4, 0.5) is 11.5 Å². The zero-order valence-corrected chi connectivity index (χ0v) is 13.0. The highest BCUT2D eigenvalue weighted by Gasteiger charge is 2.29. The number of fused-ring (bicyclic) bond motifs is 1. The zero-order valence-electron chi connectivity index (χ0n) is 13.0. The molecule has 0 aromatic carbocycles. The molecule has 1 aliphatic carbocycles. The first-order chi connectivity index (χ1) is 12.1. The van der Waals surface area contributed by atoms with E-state index in [0.29, 0.717) is 17.2 Å². The zero-order chi connectivity index (χ0) is 17.4. The van der Waals surface area contributed by atoms with Crippen LogP contribution in [-0.4, -0.2) is 25.2 Å². The Balaban J connectivity index is 1.51. The van der Waals surface area contributed by atoms with Crippen LogP contribution in [0.5, 0.6) is 11.6 Å². The van der Waals surface area contributed by atoms with Crippen molar-refractivity contribution in [1.29, 1.82) is 0 Å². The van der Waals surface area contributed by atoms with Crippen molar-refractivity contribution in [3.63, 3.8) is 0 Å².